The van der Waals surface area contributed by atoms with Gasteiger partial charge in [-0.15, -0.1) is 0 Å². The van der Waals surface area contributed by atoms with Crippen LogP contribution in [-0.2, 0) is 0 Å². The molecule has 3 heterocycles. The maximum atomic E-state index is 4.38. The van der Waals surface area contributed by atoms with E-state index in [4.69, 9.17) is 0 Å². The zero-order valence-electron chi connectivity index (χ0n) is 13.7. The van der Waals surface area contributed by atoms with Crippen LogP contribution in [-0.4, -0.2) is 59.7 Å². The molecule has 2 unspecified atom stereocenters. The van der Waals surface area contributed by atoms with Crippen LogP contribution >= 0.6 is 0 Å². The first-order valence-electron chi connectivity index (χ1n) is 8.49. The van der Waals surface area contributed by atoms with Crippen LogP contribution in [0, 0.1) is 5.92 Å². The van der Waals surface area contributed by atoms with Gasteiger partial charge >= 0.3 is 0 Å². The maximum Gasteiger partial charge on any atom is 0.225 e. The molecule has 0 spiro atoms. The predicted molar refractivity (Wildman–Crippen MR) is 88.6 cm³/mol. The minimum atomic E-state index is 0.566. The first kappa shape index (κ1) is 15.6. The standard InChI is InChI=1S/C16H28N6/c1-13-15(14(2)20-19-13)5-10-21-8-4-9-22(12-11-21)16-17-6-3-7-18-16/h3,6-7,13-15,19-20H,4-5,8-12H2,1-2H3. The highest BCUT2D eigenvalue weighted by Crippen LogP contribution is 2.19. The normalized spacial score (nSPS) is 30.5. The number of hydrazine groups is 1. The van der Waals surface area contributed by atoms with E-state index in [0.29, 0.717) is 12.1 Å². The molecule has 0 radical (unpaired) electrons. The molecule has 2 aliphatic rings. The summed E-state index contributed by atoms with van der Waals surface area (Å²) in [7, 11) is 0. The van der Waals surface area contributed by atoms with E-state index >= 15 is 0 Å². The molecule has 1 aromatic rings. The van der Waals surface area contributed by atoms with Crippen molar-refractivity contribution in [3.63, 3.8) is 0 Å². The van der Waals surface area contributed by atoms with Crippen LogP contribution in [0.1, 0.15) is 26.7 Å². The van der Waals surface area contributed by atoms with Crippen molar-refractivity contribution in [1.82, 2.24) is 25.7 Å². The number of anilines is 1. The van der Waals surface area contributed by atoms with Crippen LogP contribution in [0.2, 0.25) is 0 Å². The summed E-state index contributed by atoms with van der Waals surface area (Å²) in [5.74, 6) is 1.59. The zero-order chi connectivity index (χ0) is 15.4. The van der Waals surface area contributed by atoms with Crippen molar-refractivity contribution < 1.29 is 0 Å². The van der Waals surface area contributed by atoms with Gasteiger partial charge in [0.1, 0.15) is 0 Å². The van der Waals surface area contributed by atoms with Gasteiger partial charge in [-0.3, -0.25) is 10.9 Å². The van der Waals surface area contributed by atoms with Gasteiger partial charge in [0.05, 0.1) is 0 Å². The van der Waals surface area contributed by atoms with E-state index < -0.39 is 0 Å². The van der Waals surface area contributed by atoms with Crippen LogP contribution in [0.5, 0.6) is 0 Å². The smallest absolute Gasteiger partial charge is 0.225 e. The van der Waals surface area contributed by atoms with E-state index in [1.165, 1.54) is 25.9 Å². The van der Waals surface area contributed by atoms with Crippen molar-refractivity contribution in [1.29, 1.82) is 0 Å². The van der Waals surface area contributed by atoms with E-state index in [9.17, 15) is 0 Å². The Hall–Kier alpha value is -1.24. The minimum Gasteiger partial charge on any atom is -0.339 e. The second-order valence-electron chi connectivity index (χ2n) is 6.55. The summed E-state index contributed by atoms with van der Waals surface area (Å²) >= 11 is 0. The SMILES string of the molecule is CC1NNC(C)C1CCN1CCCN(c2ncccn2)CC1. The van der Waals surface area contributed by atoms with Gasteiger partial charge in [0.15, 0.2) is 0 Å². The molecule has 22 heavy (non-hydrogen) atoms. The Labute approximate surface area is 133 Å². The molecule has 122 valence electrons. The topological polar surface area (TPSA) is 56.3 Å². The predicted octanol–water partition coefficient (Wildman–Crippen LogP) is 0.880. The summed E-state index contributed by atoms with van der Waals surface area (Å²) in [6.07, 6.45) is 6.09. The minimum absolute atomic E-state index is 0.566. The van der Waals surface area contributed by atoms with Gasteiger partial charge in [-0.25, -0.2) is 9.97 Å². The number of nitrogens with zero attached hydrogens (tertiary/aromatic N) is 4. The molecule has 0 bridgehead atoms. The maximum absolute atomic E-state index is 4.38. The van der Waals surface area contributed by atoms with Crippen molar-refractivity contribution in [2.24, 2.45) is 5.92 Å². The van der Waals surface area contributed by atoms with E-state index in [1.807, 2.05) is 18.5 Å². The molecule has 6 heteroatoms. The summed E-state index contributed by atoms with van der Waals surface area (Å²) in [5, 5.41) is 0. The zero-order valence-corrected chi connectivity index (χ0v) is 13.7. The quantitative estimate of drug-likeness (QED) is 0.861. The molecule has 6 nitrogen and oxygen atoms in total. The third kappa shape index (κ3) is 3.74. The van der Waals surface area contributed by atoms with Crippen LogP contribution < -0.4 is 15.8 Å². The highest BCUT2D eigenvalue weighted by molar-refractivity contribution is 5.28. The van der Waals surface area contributed by atoms with Crippen molar-refractivity contribution in [2.45, 2.75) is 38.8 Å². The van der Waals surface area contributed by atoms with Gasteiger partial charge < -0.3 is 9.80 Å². The van der Waals surface area contributed by atoms with Crippen LogP contribution in [0.15, 0.2) is 18.5 Å². The lowest BCUT2D eigenvalue weighted by atomic mass is 9.93. The molecule has 3 rings (SSSR count). The Morgan fingerprint density at radius 2 is 1.77 bits per heavy atom. The molecular formula is C16H28N6. The summed E-state index contributed by atoms with van der Waals surface area (Å²) < 4.78 is 0. The fraction of sp³-hybridized carbons (Fsp3) is 0.750. The fourth-order valence-corrected chi connectivity index (χ4v) is 3.59. The third-order valence-electron chi connectivity index (χ3n) is 5.03. The number of hydrogen-bond acceptors (Lipinski definition) is 6. The molecule has 2 aliphatic heterocycles. The Kier molecular flexibility index (Phi) is 5.23. The lowest BCUT2D eigenvalue weighted by Gasteiger charge is -2.25. The first-order valence-corrected chi connectivity index (χ1v) is 8.49. The number of nitrogens with one attached hydrogen (secondary N) is 2. The largest absolute Gasteiger partial charge is 0.339 e. The van der Waals surface area contributed by atoms with Gasteiger partial charge in [-0.1, -0.05) is 0 Å². The molecule has 0 aromatic carbocycles. The number of aromatic nitrogens is 2. The Balaban J connectivity index is 1.48. The van der Waals surface area contributed by atoms with E-state index in [2.05, 4.69) is 44.5 Å². The summed E-state index contributed by atoms with van der Waals surface area (Å²) in [5.41, 5.74) is 6.71. The highest BCUT2D eigenvalue weighted by atomic mass is 15.4. The van der Waals surface area contributed by atoms with Gasteiger partial charge in [-0.2, -0.15) is 0 Å². The third-order valence-corrected chi connectivity index (χ3v) is 5.03. The Morgan fingerprint density at radius 3 is 2.50 bits per heavy atom. The van der Waals surface area contributed by atoms with Crippen molar-refractivity contribution in [3.05, 3.63) is 18.5 Å². The summed E-state index contributed by atoms with van der Waals surface area (Å²) in [6.45, 7) is 10.1. The van der Waals surface area contributed by atoms with Gasteiger partial charge in [0.2, 0.25) is 5.95 Å². The summed E-state index contributed by atoms with van der Waals surface area (Å²) in [4.78, 5) is 13.7. The molecule has 2 fully saturated rings. The molecule has 1 aromatic heterocycles. The number of hydrogen-bond donors (Lipinski definition) is 2. The van der Waals surface area contributed by atoms with E-state index in [1.54, 1.807) is 0 Å². The summed E-state index contributed by atoms with van der Waals surface area (Å²) in [6, 6.07) is 3.01. The molecular weight excluding hydrogens is 276 g/mol. The number of rotatable bonds is 4. The second kappa shape index (κ2) is 7.35. The fourth-order valence-electron chi connectivity index (χ4n) is 3.59. The van der Waals surface area contributed by atoms with Crippen LogP contribution in [0.3, 0.4) is 0 Å². The Morgan fingerprint density at radius 1 is 1.05 bits per heavy atom. The molecule has 2 atom stereocenters. The molecule has 0 aliphatic carbocycles. The van der Waals surface area contributed by atoms with Gasteiger partial charge in [0.25, 0.3) is 0 Å². The van der Waals surface area contributed by atoms with Gasteiger partial charge in [0, 0.05) is 44.1 Å². The van der Waals surface area contributed by atoms with Crippen molar-refractivity contribution >= 4 is 5.95 Å². The van der Waals surface area contributed by atoms with E-state index in [-0.39, 0.29) is 0 Å². The molecule has 0 amide bonds. The lowest BCUT2D eigenvalue weighted by Crippen LogP contribution is -2.34. The molecule has 2 saturated heterocycles. The monoisotopic (exact) mass is 304 g/mol. The van der Waals surface area contributed by atoms with E-state index in [0.717, 1.165) is 31.5 Å². The second-order valence-corrected chi connectivity index (χ2v) is 6.55. The lowest BCUT2D eigenvalue weighted by molar-refractivity contribution is 0.256. The molecule has 0 saturated carbocycles. The Bertz CT molecular complexity index is 443. The van der Waals surface area contributed by atoms with Crippen LogP contribution in [0.4, 0.5) is 5.95 Å². The average Bonchev–Trinajstić information content (AvgIpc) is 2.75. The average molecular weight is 304 g/mol. The molecule has 2 N–H and O–H groups in total. The van der Waals surface area contributed by atoms with Crippen molar-refractivity contribution in [3.8, 4) is 0 Å². The highest BCUT2D eigenvalue weighted by Gasteiger charge is 2.29. The van der Waals surface area contributed by atoms with Crippen LogP contribution in [0.25, 0.3) is 0 Å². The first-order chi connectivity index (χ1) is 10.7. The van der Waals surface area contributed by atoms with Crippen molar-refractivity contribution in [2.75, 3.05) is 37.6 Å². The van der Waals surface area contributed by atoms with Gasteiger partial charge in [-0.05, 0) is 51.8 Å².